The van der Waals surface area contributed by atoms with Crippen LogP contribution in [0.3, 0.4) is 0 Å². The van der Waals surface area contributed by atoms with Crippen LogP contribution in [0.1, 0.15) is 102 Å². The van der Waals surface area contributed by atoms with Crippen molar-refractivity contribution in [3.8, 4) is 0 Å². The van der Waals surface area contributed by atoms with Crippen LogP contribution in [-0.2, 0) is 15.8 Å². The van der Waals surface area contributed by atoms with Crippen molar-refractivity contribution in [2.24, 2.45) is 23.2 Å². The molecule has 3 N–H and O–H groups in total. The molecule has 4 aliphatic carbocycles. The minimum atomic E-state index is -4.96. The predicted octanol–water partition coefficient (Wildman–Crippen LogP) is 5.95. The van der Waals surface area contributed by atoms with Gasteiger partial charge in [0.1, 0.15) is 6.04 Å². The Bertz CT molecular complexity index is 1420. The molecule has 44 heavy (non-hydrogen) atoms. The van der Waals surface area contributed by atoms with Gasteiger partial charge in [-0.25, -0.2) is 4.98 Å². The van der Waals surface area contributed by atoms with Crippen LogP contribution in [0.2, 0.25) is 0 Å². The molecule has 240 valence electrons. The van der Waals surface area contributed by atoms with Crippen molar-refractivity contribution in [1.82, 2.24) is 20.2 Å². The Kier molecular flexibility index (Phi) is 8.78. The second-order valence-electron chi connectivity index (χ2n) is 13.9. The number of nitrogens with zero attached hydrogens (tertiary/aromatic N) is 2. The molecule has 2 amide bonds. The van der Waals surface area contributed by atoms with Gasteiger partial charge in [0.05, 0.1) is 10.9 Å². The Morgan fingerprint density at radius 2 is 1.61 bits per heavy atom. The highest BCUT2D eigenvalue weighted by atomic mass is 19.4. The molecule has 11 heteroatoms. The number of unbranched alkanes of at least 4 members (excludes halogenated alkanes) is 4. The Morgan fingerprint density at radius 3 is 2.25 bits per heavy atom. The summed E-state index contributed by atoms with van der Waals surface area (Å²) in [4.78, 5) is 41.3. The first-order chi connectivity index (χ1) is 21.0. The number of alkyl halides is 3. The van der Waals surface area contributed by atoms with Crippen LogP contribution < -0.4 is 21.5 Å². The summed E-state index contributed by atoms with van der Waals surface area (Å²) in [7, 11) is 0. The third-order valence-electron chi connectivity index (χ3n) is 10.8. The summed E-state index contributed by atoms with van der Waals surface area (Å²) in [6.07, 6.45) is 8.56. The van der Waals surface area contributed by atoms with Gasteiger partial charge >= 0.3 is 6.18 Å². The van der Waals surface area contributed by atoms with Crippen molar-refractivity contribution >= 4 is 28.4 Å². The van der Waals surface area contributed by atoms with Gasteiger partial charge < -0.3 is 10.6 Å². The molecular formula is C33H44F3N5O3. The molecule has 7 rings (SSSR count). The first-order valence-corrected chi connectivity index (χ1v) is 16.5. The molecule has 2 aromatic rings. The van der Waals surface area contributed by atoms with Crippen LogP contribution in [-0.4, -0.2) is 40.5 Å². The average Bonchev–Trinajstić information content (AvgIpc) is 2.95. The van der Waals surface area contributed by atoms with Crippen LogP contribution >= 0.6 is 0 Å². The number of rotatable bonds is 12. The fraction of sp³-hybridized carbons (Fsp3) is 0.697. The third kappa shape index (κ3) is 6.26. The number of amides is 2. The van der Waals surface area contributed by atoms with E-state index in [9.17, 15) is 27.6 Å². The van der Waals surface area contributed by atoms with E-state index in [1.54, 1.807) is 12.1 Å². The number of nitrogens with one attached hydrogen (secondary N) is 3. The maximum atomic E-state index is 14.0. The maximum Gasteiger partial charge on any atom is 0.449 e. The molecule has 8 nitrogen and oxygen atoms in total. The largest absolute Gasteiger partial charge is 0.449 e. The van der Waals surface area contributed by atoms with Crippen LogP contribution in [0.15, 0.2) is 23.0 Å². The van der Waals surface area contributed by atoms with Crippen LogP contribution in [0.5, 0.6) is 0 Å². The molecule has 0 spiro atoms. The van der Waals surface area contributed by atoms with E-state index in [0.29, 0.717) is 28.3 Å². The third-order valence-corrected chi connectivity index (χ3v) is 10.8. The zero-order valence-electron chi connectivity index (χ0n) is 25.5. The molecular weight excluding hydrogens is 571 g/mol. The summed E-state index contributed by atoms with van der Waals surface area (Å²) in [5, 5.41) is 9.13. The van der Waals surface area contributed by atoms with E-state index < -0.39 is 35.4 Å². The molecule has 4 bridgehead atoms. The van der Waals surface area contributed by atoms with Crippen molar-refractivity contribution in [1.29, 1.82) is 0 Å². The highest BCUT2D eigenvalue weighted by Crippen LogP contribution is 2.61. The van der Waals surface area contributed by atoms with Crippen LogP contribution in [0.4, 0.5) is 18.9 Å². The molecule has 1 aromatic heterocycles. The number of anilines is 1. The molecule has 5 fully saturated rings. The lowest BCUT2D eigenvalue weighted by Crippen LogP contribution is -2.54. The Morgan fingerprint density at radius 1 is 0.977 bits per heavy atom. The minimum Gasteiger partial charge on any atom is -0.384 e. The number of benzene rings is 1. The molecule has 1 unspecified atom stereocenters. The molecule has 4 saturated carbocycles. The monoisotopic (exact) mass is 615 g/mol. The number of carbonyl (C=O) groups is 2. The lowest BCUT2D eigenvalue weighted by Gasteiger charge is -2.59. The zero-order valence-corrected chi connectivity index (χ0v) is 25.5. The standard InChI is InChI=1S/C33H44F3N5O3/c1-20(32-17-21-14-22(18-32)16-23(15-21)19-32)37-12-5-3-2-4-6-13-38-24-8-7-9-25-28(24)30(44)41(31(39-25)33(34,35)36)26-10-11-27(42)40-29(26)43/h7-9,20-23,26,37-38H,2-6,10-19H2,1H3,(H,40,42,43)/t20?,21?,22?,23?,26-,32?/m0/s1. The van der Waals surface area contributed by atoms with E-state index in [-0.39, 0.29) is 23.7 Å². The van der Waals surface area contributed by atoms with E-state index in [1.807, 2.05) is 5.32 Å². The molecule has 2 heterocycles. The van der Waals surface area contributed by atoms with Gasteiger partial charge in [-0.05, 0) is 107 Å². The predicted molar refractivity (Wildman–Crippen MR) is 162 cm³/mol. The summed E-state index contributed by atoms with van der Waals surface area (Å²) >= 11 is 0. The summed E-state index contributed by atoms with van der Waals surface area (Å²) in [6, 6.07) is 3.69. The number of fused-ring (bicyclic) bond motifs is 1. The number of carbonyl (C=O) groups excluding carboxylic acids is 2. The fourth-order valence-electron chi connectivity index (χ4n) is 9.05. The van der Waals surface area contributed by atoms with Gasteiger partial charge in [-0.15, -0.1) is 0 Å². The van der Waals surface area contributed by atoms with E-state index in [0.717, 1.165) is 56.4 Å². The van der Waals surface area contributed by atoms with Crippen molar-refractivity contribution in [3.05, 3.63) is 34.4 Å². The SMILES string of the molecule is CC(NCCCCCCCNc1cccc2nc(C(F)(F)F)n([C@H]3CCC(=O)NC3=O)c(=O)c12)C12CC3CC(CC(C3)C1)C2. The van der Waals surface area contributed by atoms with Crippen molar-refractivity contribution in [2.75, 3.05) is 18.4 Å². The van der Waals surface area contributed by atoms with E-state index in [2.05, 4.69) is 22.5 Å². The van der Waals surface area contributed by atoms with Crippen LogP contribution in [0.25, 0.3) is 10.9 Å². The topological polar surface area (TPSA) is 105 Å². The van der Waals surface area contributed by atoms with Gasteiger partial charge in [-0.2, -0.15) is 13.2 Å². The highest BCUT2D eigenvalue weighted by molar-refractivity contribution is 5.99. The zero-order chi connectivity index (χ0) is 31.1. The maximum absolute atomic E-state index is 14.0. The van der Waals surface area contributed by atoms with E-state index in [1.165, 1.54) is 44.6 Å². The summed E-state index contributed by atoms with van der Waals surface area (Å²) in [5.41, 5.74) is -0.129. The second kappa shape index (κ2) is 12.4. The lowest BCUT2D eigenvalue weighted by atomic mass is 9.48. The number of piperidine rings is 1. The molecule has 5 aliphatic rings. The van der Waals surface area contributed by atoms with Crippen molar-refractivity contribution < 1.29 is 22.8 Å². The van der Waals surface area contributed by atoms with Crippen molar-refractivity contribution in [3.63, 3.8) is 0 Å². The molecule has 2 atom stereocenters. The molecule has 0 radical (unpaired) electrons. The van der Waals surface area contributed by atoms with Gasteiger partial charge in [0.15, 0.2) is 0 Å². The Hall–Kier alpha value is -2.95. The highest BCUT2D eigenvalue weighted by Gasteiger charge is 2.53. The van der Waals surface area contributed by atoms with Gasteiger partial charge in [-0.3, -0.25) is 24.3 Å². The normalized spacial score (nSPS) is 28.8. The number of halogens is 3. The van der Waals surface area contributed by atoms with Crippen LogP contribution in [0, 0.1) is 23.2 Å². The Labute approximate surface area is 255 Å². The van der Waals surface area contributed by atoms with E-state index in [4.69, 9.17) is 0 Å². The quantitative estimate of drug-likeness (QED) is 0.201. The fourth-order valence-corrected chi connectivity index (χ4v) is 9.05. The second-order valence-corrected chi connectivity index (χ2v) is 13.9. The molecule has 1 aliphatic heterocycles. The number of hydrogen-bond donors (Lipinski definition) is 3. The summed E-state index contributed by atoms with van der Waals surface area (Å²) in [5.74, 6) is -0.0532. The van der Waals surface area contributed by atoms with Gasteiger partial charge in [-0.1, -0.05) is 25.3 Å². The van der Waals surface area contributed by atoms with Crippen molar-refractivity contribution in [2.45, 2.75) is 109 Å². The first-order valence-electron chi connectivity index (χ1n) is 16.5. The summed E-state index contributed by atoms with van der Waals surface area (Å²) in [6.45, 7) is 4.01. The average molecular weight is 616 g/mol. The first kappa shape index (κ1) is 31.0. The minimum absolute atomic E-state index is 0.00409. The number of imide groups is 1. The number of aromatic nitrogens is 2. The smallest absolute Gasteiger partial charge is 0.384 e. The molecule has 1 aromatic carbocycles. The number of hydrogen-bond acceptors (Lipinski definition) is 6. The van der Waals surface area contributed by atoms with E-state index >= 15 is 0 Å². The van der Waals surface area contributed by atoms with Gasteiger partial charge in [0.25, 0.3) is 5.56 Å². The molecule has 1 saturated heterocycles. The van der Waals surface area contributed by atoms with Gasteiger partial charge in [0.2, 0.25) is 17.6 Å². The lowest BCUT2D eigenvalue weighted by molar-refractivity contribution is -0.150. The Balaban J connectivity index is 1.000. The summed E-state index contributed by atoms with van der Waals surface area (Å²) < 4.78 is 42.3. The van der Waals surface area contributed by atoms with Gasteiger partial charge in [0, 0.05) is 24.7 Å².